The Morgan fingerprint density at radius 3 is 2.58 bits per heavy atom. The van der Waals surface area contributed by atoms with Gasteiger partial charge in [-0.15, -0.1) is 0 Å². The van der Waals surface area contributed by atoms with E-state index < -0.39 is 5.91 Å². The molecule has 6 nitrogen and oxygen atoms in total. The molecule has 2 atom stereocenters. The molecule has 31 heavy (non-hydrogen) atoms. The minimum absolute atomic E-state index is 0.00685. The summed E-state index contributed by atoms with van der Waals surface area (Å²) in [6, 6.07) is 5.07. The van der Waals surface area contributed by atoms with Gasteiger partial charge >= 0.3 is 0 Å². The fourth-order valence-electron chi connectivity index (χ4n) is 4.59. The van der Waals surface area contributed by atoms with E-state index in [2.05, 4.69) is 5.32 Å². The van der Waals surface area contributed by atoms with E-state index in [0.717, 1.165) is 35.9 Å². The number of rotatable bonds is 5. The number of carbonyl (C=O) groups is 4. The van der Waals surface area contributed by atoms with Crippen LogP contribution >= 0.6 is 35.0 Å². The molecule has 4 rings (SSSR count). The summed E-state index contributed by atoms with van der Waals surface area (Å²) in [7, 11) is 0. The fourth-order valence-corrected chi connectivity index (χ4v) is 5.81. The zero-order valence-corrected chi connectivity index (χ0v) is 19.1. The predicted molar refractivity (Wildman–Crippen MR) is 121 cm³/mol. The minimum Gasteiger partial charge on any atom is -0.354 e. The number of thioether (sulfide) groups is 1. The Hall–Kier alpha value is -1.83. The SMILES string of the molecule is O=C(NCCN1C(=O)S/C(=C\c2cccc(Cl)c2Cl)C1=O)C1CC2CCCC(C1)C2=O. The van der Waals surface area contributed by atoms with Crippen molar-refractivity contribution in [3.8, 4) is 0 Å². The lowest BCUT2D eigenvalue weighted by Crippen LogP contribution is -2.44. The quantitative estimate of drug-likeness (QED) is 0.625. The molecule has 2 saturated carbocycles. The summed E-state index contributed by atoms with van der Waals surface area (Å²) in [6.45, 7) is 0.275. The van der Waals surface area contributed by atoms with Gasteiger partial charge in [0.05, 0.1) is 15.0 Å². The molecule has 1 N–H and O–H groups in total. The second-order valence-corrected chi connectivity index (χ2v) is 9.94. The maximum Gasteiger partial charge on any atom is 0.293 e. The van der Waals surface area contributed by atoms with Gasteiger partial charge in [-0.1, -0.05) is 41.8 Å². The molecule has 1 heterocycles. The van der Waals surface area contributed by atoms with Crippen molar-refractivity contribution in [3.05, 3.63) is 38.7 Å². The van der Waals surface area contributed by atoms with Crippen LogP contribution in [0.25, 0.3) is 6.08 Å². The molecule has 2 bridgehead atoms. The van der Waals surface area contributed by atoms with Gasteiger partial charge in [-0.25, -0.2) is 0 Å². The number of Topliss-reactive ketones (excluding diaryl/α,β-unsaturated/α-hetero) is 1. The highest BCUT2D eigenvalue weighted by Crippen LogP contribution is 2.40. The Balaban J connectivity index is 1.33. The zero-order valence-electron chi connectivity index (χ0n) is 16.7. The van der Waals surface area contributed by atoms with E-state index in [-0.39, 0.29) is 46.9 Å². The van der Waals surface area contributed by atoms with Crippen molar-refractivity contribution >= 4 is 63.9 Å². The van der Waals surface area contributed by atoms with Crippen molar-refractivity contribution in [2.45, 2.75) is 32.1 Å². The average molecular weight is 481 g/mol. The van der Waals surface area contributed by atoms with Crippen LogP contribution in [0.1, 0.15) is 37.7 Å². The second kappa shape index (κ2) is 9.35. The number of nitrogens with zero attached hydrogens (tertiary/aromatic N) is 1. The Labute approximate surface area is 194 Å². The average Bonchev–Trinajstić information content (AvgIpc) is 2.98. The third-order valence-corrected chi connectivity index (χ3v) is 7.94. The van der Waals surface area contributed by atoms with Gasteiger partial charge in [0.1, 0.15) is 5.78 Å². The first-order chi connectivity index (χ1) is 14.8. The van der Waals surface area contributed by atoms with Gasteiger partial charge in [0.25, 0.3) is 11.1 Å². The van der Waals surface area contributed by atoms with Crippen molar-refractivity contribution in [1.29, 1.82) is 0 Å². The van der Waals surface area contributed by atoms with Crippen LogP contribution < -0.4 is 5.32 Å². The molecule has 1 aromatic rings. The molecule has 0 radical (unpaired) electrons. The Bertz CT molecular complexity index is 964. The number of nitrogens with one attached hydrogen (secondary N) is 1. The minimum atomic E-state index is -0.418. The standard InChI is InChI=1S/C22H22Cl2N2O4S/c23-16-6-2-3-12(18(16)24)11-17-21(29)26(22(30)31-17)8-7-25-20(28)15-9-13-4-1-5-14(10-15)19(13)27/h2-3,6,11,13-15H,1,4-5,7-10H2,(H,25,28)/b17-11-. The lowest BCUT2D eigenvalue weighted by atomic mass is 9.67. The molecule has 3 aliphatic rings. The van der Waals surface area contributed by atoms with E-state index in [1.807, 2.05) is 0 Å². The first kappa shape index (κ1) is 22.4. The summed E-state index contributed by atoms with van der Waals surface area (Å²) in [5.74, 6) is -0.358. The van der Waals surface area contributed by atoms with Gasteiger partial charge in [-0.3, -0.25) is 24.1 Å². The van der Waals surface area contributed by atoms with Crippen LogP contribution in [0.2, 0.25) is 10.0 Å². The third kappa shape index (κ3) is 4.69. The normalized spacial score (nSPS) is 27.2. The van der Waals surface area contributed by atoms with E-state index in [0.29, 0.717) is 34.2 Å². The monoisotopic (exact) mass is 480 g/mol. The lowest BCUT2D eigenvalue weighted by Gasteiger charge is -2.37. The summed E-state index contributed by atoms with van der Waals surface area (Å²) in [5.41, 5.74) is 0.561. The van der Waals surface area contributed by atoms with Crippen molar-refractivity contribution in [1.82, 2.24) is 10.2 Å². The maximum absolute atomic E-state index is 12.7. The van der Waals surface area contributed by atoms with Gasteiger partial charge in [-0.05, 0) is 55.2 Å². The van der Waals surface area contributed by atoms with Crippen LogP contribution in [-0.2, 0) is 14.4 Å². The van der Waals surface area contributed by atoms with Gasteiger partial charge in [0.2, 0.25) is 5.91 Å². The number of hydrogen-bond acceptors (Lipinski definition) is 5. The zero-order chi connectivity index (χ0) is 22.1. The number of halogens is 2. The first-order valence-electron chi connectivity index (χ1n) is 10.4. The highest BCUT2D eigenvalue weighted by Gasteiger charge is 2.41. The van der Waals surface area contributed by atoms with E-state index in [1.54, 1.807) is 24.3 Å². The summed E-state index contributed by atoms with van der Waals surface area (Å²) in [4.78, 5) is 51.1. The smallest absolute Gasteiger partial charge is 0.293 e. The number of amides is 3. The fraction of sp³-hybridized carbons (Fsp3) is 0.455. The van der Waals surface area contributed by atoms with Crippen LogP contribution in [0.15, 0.2) is 23.1 Å². The molecule has 9 heteroatoms. The van der Waals surface area contributed by atoms with Gasteiger partial charge in [0, 0.05) is 30.8 Å². The molecule has 164 valence electrons. The molecule has 1 aromatic carbocycles. The van der Waals surface area contributed by atoms with Gasteiger partial charge < -0.3 is 5.32 Å². The Kier molecular flexibility index (Phi) is 6.74. The first-order valence-corrected chi connectivity index (χ1v) is 11.9. The Morgan fingerprint density at radius 1 is 1.16 bits per heavy atom. The number of benzene rings is 1. The van der Waals surface area contributed by atoms with Gasteiger partial charge in [0.15, 0.2) is 0 Å². The van der Waals surface area contributed by atoms with Crippen LogP contribution in [0.4, 0.5) is 4.79 Å². The van der Waals surface area contributed by atoms with Crippen LogP contribution in [-0.4, -0.2) is 40.8 Å². The van der Waals surface area contributed by atoms with E-state index >= 15 is 0 Å². The molecule has 1 aliphatic heterocycles. The number of imide groups is 1. The van der Waals surface area contributed by atoms with E-state index in [9.17, 15) is 19.2 Å². The summed E-state index contributed by atoms with van der Waals surface area (Å²) in [6.07, 6.45) is 5.56. The maximum atomic E-state index is 12.7. The van der Waals surface area contributed by atoms with Crippen molar-refractivity contribution in [3.63, 3.8) is 0 Å². The van der Waals surface area contributed by atoms with Gasteiger partial charge in [-0.2, -0.15) is 0 Å². The highest BCUT2D eigenvalue weighted by atomic mass is 35.5. The Morgan fingerprint density at radius 2 is 1.87 bits per heavy atom. The molecule has 1 saturated heterocycles. The number of hydrogen-bond donors (Lipinski definition) is 1. The summed E-state index contributed by atoms with van der Waals surface area (Å²) < 4.78 is 0. The molecule has 0 spiro atoms. The molecule has 2 aliphatic carbocycles. The van der Waals surface area contributed by atoms with E-state index in [1.165, 1.54) is 0 Å². The van der Waals surface area contributed by atoms with Crippen molar-refractivity contribution in [2.24, 2.45) is 17.8 Å². The molecule has 2 unspecified atom stereocenters. The number of ketones is 1. The van der Waals surface area contributed by atoms with Crippen molar-refractivity contribution < 1.29 is 19.2 Å². The highest BCUT2D eigenvalue weighted by molar-refractivity contribution is 8.18. The summed E-state index contributed by atoms with van der Waals surface area (Å²) in [5, 5.41) is 3.14. The number of carbonyl (C=O) groups excluding carboxylic acids is 4. The topological polar surface area (TPSA) is 83.6 Å². The summed E-state index contributed by atoms with van der Waals surface area (Å²) >= 11 is 13.0. The van der Waals surface area contributed by atoms with Crippen molar-refractivity contribution in [2.75, 3.05) is 13.1 Å². The number of fused-ring (bicyclic) bond motifs is 2. The third-order valence-electron chi connectivity index (χ3n) is 6.20. The molecule has 3 amide bonds. The lowest BCUT2D eigenvalue weighted by molar-refractivity contribution is -0.137. The molecule has 3 fully saturated rings. The molecular formula is C22H22Cl2N2O4S. The molecule has 0 aromatic heterocycles. The van der Waals surface area contributed by atoms with Crippen LogP contribution in [0.5, 0.6) is 0 Å². The predicted octanol–water partition coefficient (Wildman–Crippen LogP) is 4.54. The largest absolute Gasteiger partial charge is 0.354 e. The molecular weight excluding hydrogens is 459 g/mol. The van der Waals surface area contributed by atoms with Crippen LogP contribution in [0, 0.1) is 17.8 Å². The van der Waals surface area contributed by atoms with Crippen LogP contribution in [0.3, 0.4) is 0 Å². The second-order valence-electron chi connectivity index (χ2n) is 8.16. The van der Waals surface area contributed by atoms with E-state index in [4.69, 9.17) is 23.2 Å².